The van der Waals surface area contributed by atoms with Crippen LogP contribution in [0.1, 0.15) is 38.9 Å². The van der Waals surface area contributed by atoms with Crippen molar-refractivity contribution in [2.75, 3.05) is 18.0 Å². The van der Waals surface area contributed by atoms with Gasteiger partial charge in [-0.3, -0.25) is 9.59 Å². The molecule has 32 heavy (non-hydrogen) atoms. The zero-order valence-corrected chi connectivity index (χ0v) is 18.3. The van der Waals surface area contributed by atoms with Gasteiger partial charge in [-0.05, 0) is 31.4 Å². The third-order valence-corrected chi connectivity index (χ3v) is 5.03. The molecular weight excluding hydrogens is 412 g/mol. The summed E-state index contributed by atoms with van der Waals surface area (Å²) in [4.78, 5) is 31.9. The second-order valence-electron chi connectivity index (χ2n) is 7.18. The largest absolute Gasteiger partial charge is 0.462 e. The van der Waals surface area contributed by atoms with Crippen molar-refractivity contribution in [1.82, 2.24) is 9.97 Å². The number of nitrogens with zero attached hydrogens (tertiary/aromatic N) is 3. The first-order chi connectivity index (χ1) is 15.5. The third-order valence-electron chi connectivity index (χ3n) is 5.03. The maximum atomic E-state index is 10.4. The summed E-state index contributed by atoms with van der Waals surface area (Å²) in [5.41, 5.74) is 7.18. The minimum Gasteiger partial charge on any atom is -0.462 e. The van der Waals surface area contributed by atoms with Gasteiger partial charge in [-0.1, -0.05) is 32.4 Å². The highest BCUT2D eigenvalue weighted by atomic mass is 16.5. The molecule has 1 unspecified atom stereocenters. The van der Waals surface area contributed by atoms with Gasteiger partial charge in [-0.2, -0.15) is 0 Å². The molecule has 1 fully saturated rings. The zero-order chi connectivity index (χ0) is 23.5. The SMILES string of the molecule is C#CO.CCC(C)C(N)=O.O=COCc1nc(N2CCCC2)c2oc3ccccc3c2n1. The standard InChI is InChI=1S/C16H15N3O3.C5H11NO.C2H2O/c20-10-21-9-13-17-14-11-5-1-2-6-12(11)22-15(14)16(18-13)19-7-3-4-8-19;1-3-4(2)5(6)7;1-2-3/h1-2,5-6,10H,3-4,7-9H2;4H,3H2,1-2H3,(H2,6,7);1,3H. The minimum absolute atomic E-state index is 0.0417. The molecule has 0 saturated carbocycles. The Bertz CT molecular complexity index is 1080. The first-order valence-corrected chi connectivity index (χ1v) is 10.3. The highest BCUT2D eigenvalue weighted by molar-refractivity contribution is 6.05. The summed E-state index contributed by atoms with van der Waals surface area (Å²) in [6.07, 6.45) is 8.53. The van der Waals surface area contributed by atoms with Crippen molar-refractivity contribution in [3.05, 3.63) is 30.1 Å². The Balaban J connectivity index is 0.000000309. The minimum atomic E-state index is -0.206. The lowest BCUT2D eigenvalue weighted by molar-refractivity contribution is -0.130. The Morgan fingerprint density at radius 3 is 2.59 bits per heavy atom. The van der Waals surface area contributed by atoms with E-state index in [1.54, 1.807) is 0 Å². The van der Waals surface area contributed by atoms with E-state index in [0.29, 0.717) is 17.9 Å². The van der Waals surface area contributed by atoms with E-state index in [9.17, 15) is 9.59 Å². The quantitative estimate of drug-likeness (QED) is 0.441. The molecule has 3 heterocycles. The van der Waals surface area contributed by atoms with E-state index >= 15 is 0 Å². The Labute approximate surface area is 186 Å². The normalized spacial score (nSPS) is 13.3. The zero-order valence-electron chi connectivity index (χ0n) is 18.3. The number of aliphatic hydroxyl groups is 1. The van der Waals surface area contributed by atoms with Crippen molar-refractivity contribution in [2.45, 2.75) is 39.7 Å². The third kappa shape index (κ3) is 6.11. The lowest BCUT2D eigenvalue weighted by atomic mass is 10.1. The van der Waals surface area contributed by atoms with E-state index in [1.165, 1.54) is 6.11 Å². The van der Waals surface area contributed by atoms with Crippen molar-refractivity contribution >= 4 is 40.3 Å². The first kappa shape index (κ1) is 24.5. The number of primary amides is 1. The van der Waals surface area contributed by atoms with Crippen LogP contribution in [-0.4, -0.2) is 40.5 Å². The second-order valence-corrected chi connectivity index (χ2v) is 7.18. The van der Waals surface area contributed by atoms with Crippen LogP contribution < -0.4 is 10.6 Å². The van der Waals surface area contributed by atoms with Crippen LogP contribution in [0.25, 0.3) is 22.1 Å². The van der Waals surface area contributed by atoms with Crippen molar-refractivity contribution in [1.29, 1.82) is 0 Å². The van der Waals surface area contributed by atoms with Crippen molar-refractivity contribution in [3.8, 4) is 12.5 Å². The Morgan fingerprint density at radius 1 is 1.38 bits per heavy atom. The number of ether oxygens (including phenoxy) is 1. The molecule has 1 aromatic carbocycles. The smallest absolute Gasteiger partial charge is 0.293 e. The predicted molar refractivity (Wildman–Crippen MR) is 121 cm³/mol. The summed E-state index contributed by atoms with van der Waals surface area (Å²) in [7, 11) is 0. The number of para-hydroxylation sites is 1. The molecule has 4 rings (SSSR count). The van der Waals surface area contributed by atoms with Crippen LogP contribution in [0, 0.1) is 18.4 Å². The topological polar surface area (TPSA) is 132 Å². The lowest BCUT2D eigenvalue weighted by Gasteiger charge is -2.16. The van der Waals surface area contributed by atoms with Gasteiger partial charge in [0.25, 0.3) is 6.47 Å². The van der Waals surface area contributed by atoms with Gasteiger partial charge < -0.3 is 24.9 Å². The Hall–Kier alpha value is -3.80. The molecule has 3 aromatic rings. The second kappa shape index (κ2) is 12.2. The highest BCUT2D eigenvalue weighted by Crippen LogP contribution is 2.34. The molecule has 9 nitrogen and oxygen atoms in total. The summed E-state index contributed by atoms with van der Waals surface area (Å²) in [5.74, 6) is 1.12. The number of carbonyl (C=O) groups excluding carboxylic acids is 2. The molecule has 1 aliphatic rings. The number of amides is 1. The van der Waals surface area contributed by atoms with Crippen molar-refractivity contribution in [2.24, 2.45) is 11.7 Å². The molecule has 1 amide bonds. The van der Waals surface area contributed by atoms with Crippen LogP contribution in [-0.2, 0) is 20.9 Å². The Morgan fingerprint density at radius 2 is 2.03 bits per heavy atom. The van der Waals surface area contributed by atoms with E-state index in [-0.39, 0.29) is 18.4 Å². The number of hydrogen-bond acceptors (Lipinski definition) is 8. The van der Waals surface area contributed by atoms with E-state index in [2.05, 4.69) is 21.3 Å². The van der Waals surface area contributed by atoms with E-state index in [0.717, 1.165) is 54.7 Å². The summed E-state index contributed by atoms with van der Waals surface area (Å²) < 4.78 is 10.8. The van der Waals surface area contributed by atoms with Crippen LogP contribution >= 0.6 is 0 Å². The fraction of sp³-hybridized carbons (Fsp3) is 0.391. The van der Waals surface area contributed by atoms with Crippen LogP contribution in [0.5, 0.6) is 0 Å². The number of aromatic nitrogens is 2. The van der Waals surface area contributed by atoms with Gasteiger partial charge in [-0.15, -0.1) is 0 Å². The monoisotopic (exact) mass is 440 g/mol. The van der Waals surface area contributed by atoms with E-state index < -0.39 is 0 Å². The van der Waals surface area contributed by atoms with Gasteiger partial charge in [-0.25, -0.2) is 9.97 Å². The molecule has 1 atom stereocenters. The lowest BCUT2D eigenvalue weighted by Crippen LogP contribution is -2.20. The summed E-state index contributed by atoms with van der Waals surface area (Å²) >= 11 is 0. The summed E-state index contributed by atoms with van der Waals surface area (Å²) in [5, 5.41) is 8.05. The summed E-state index contributed by atoms with van der Waals surface area (Å²) in [6.45, 7) is 6.16. The molecule has 1 saturated heterocycles. The fourth-order valence-electron chi connectivity index (χ4n) is 3.14. The highest BCUT2D eigenvalue weighted by Gasteiger charge is 2.22. The number of rotatable bonds is 6. The molecule has 2 aromatic heterocycles. The number of carbonyl (C=O) groups is 2. The van der Waals surface area contributed by atoms with Gasteiger partial charge >= 0.3 is 0 Å². The van der Waals surface area contributed by atoms with Crippen LogP contribution in [0.3, 0.4) is 0 Å². The number of nitrogens with two attached hydrogens (primary N) is 1. The number of hydrogen-bond donors (Lipinski definition) is 2. The molecule has 170 valence electrons. The number of anilines is 1. The van der Waals surface area contributed by atoms with Crippen LogP contribution in [0.4, 0.5) is 5.82 Å². The molecule has 1 aliphatic heterocycles. The molecule has 3 N–H and O–H groups in total. The molecule has 0 spiro atoms. The van der Waals surface area contributed by atoms with Gasteiger partial charge in [0.15, 0.2) is 23.8 Å². The molecule has 9 heteroatoms. The Kier molecular flexibility index (Phi) is 9.29. The average molecular weight is 441 g/mol. The first-order valence-electron chi connectivity index (χ1n) is 10.3. The molecule has 0 aliphatic carbocycles. The van der Waals surface area contributed by atoms with Gasteiger partial charge in [0.1, 0.15) is 17.2 Å². The summed E-state index contributed by atoms with van der Waals surface area (Å²) in [6, 6.07) is 7.79. The number of furan rings is 1. The molecule has 0 radical (unpaired) electrons. The number of terminal acetylenes is 1. The number of fused-ring (bicyclic) bond motifs is 3. The number of aliphatic hydroxyl groups excluding tert-OH is 1. The average Bonchev–Trinajstić information content (AvgIpc) is 3.46. The van der Waals surface area contributed by atoms with Crippen molar-refractivity contribution in [3.63, 3.8) is 0 Å². The molecular formula is C23H28N4O5. The predicted octanol–water partition coefficient (Wildman–Crippen LogP) is 3.12. The van der Waals surface area contributed by atoms with E-state index in [4.69, 9.17) is 20.0 Å². The van der Waals surface area contributed by atoms with E-state index in [1.807, 2.05) is 38.1 Å². The van der Waals surface area contributed by atoms with Gasteiger partial charge in [0, 0.05) is 24.4 Å². The number of benzene rings is 1. The maximum absolute atomic E-state index is 10.4. The maximum Gasteiger partial charge on any atom is 0.293 e. The fourth-order valence-corrected chi connectivity index (χ4v) is 3.14. The van der Waals surface area contributed by atoms with Crippen molar-refractivity contribution < 1.29 is 23.8 Å². The van der Waals surface area contributed by atoms with Gasteiger partial charge in [0.05, 0.1) is 0 Å². The van der Waals surface area contributed by atoms with Crippen LogP contribution in [0.2, 0.25) is 0 Å². The van der Waals surface area contributed by atoms with Crippen LogP contribution in [0.15, 0.2) is 28.7 Å². The van der Waals surface area contributed by atoms with Gasteiger partial charge in [0.2, 0.25) is 5.91 Å². The molecule has 0 bridgehead atoms.